The summed E-state index contributed by atoms with van der Waals surface area (Å²) in [6.07, 6.45) is 7.29. The van der Waals surface area contributed by atoms with Crippen LogP contribution in [0.4, 0.5) is 0 Å². The Hall–Kier alpha value is -1.31. The summed E-state index contributed by atoms with van der Waals surface area (Å²) in [6, 6.07) is 10.8. The molecule has 0 N–H and O–H groups in total. The van der Waals surface area contributed by atoms with Crippen LogP contribution in [0.1, 0.15) is 51.0 Å². The molecule has 0 spiro atoms. The molecule has 102 valence electrons. The average Bonchev–Trinajstić information content (AvgIpc) is 2.78. The molecule has 2 heteroatoms. The average molecular weight is 257 g/mol. The predicted octanol–water partition coefficient (Wildman–Crippen LogP) is 3.51. The van der Waals surface area contributed by atoms with Gasteiger partial charge in [-0.3, -0.25) is 4.79 Å². The normalized spacial score (nSPS) is 28.9. The second-order valence-corrected chi connectivity index (χ2v) is 6.24. The molecule has 1 heterocycles. The molecule has 1 saturated heterocycles. The Labute approximate surface area is 115 Å². The van der Waals surface area contributed by atoms with Gasteiger partial charge in [-0.25, -0.2) is 0 Å². The summed E-state index contributed by atoms with van der Waals surface area (Å²) in [4.78, 5) is 15.0. The van der Waals surface area contributed by atoms with Gasteiger partial charge >= 0.3 is 0 Å². The monoisotopic (exact) mass is 257 g/mol. The van der Waals surface area contributed by atoms with Gasteiger partial charge in [0.05, 0.1) is 5.41 Å². The zero-order chi connectivity index (χ0) is 13.3. The molecular weight excluding hydrogens is 234 g/mol. The number of hydrogen-bond acceptors (Lipinski definition) is 1. The molecule has 1 saturated carbocycles. The van der Waals surface area contributed by atoms with Crippen molar-refractivity contribution in [3.63, 3.8) is 0 Å². The van der Waals surface area contributed by atoms with Crippen LogP contribution in [0.3, 0.4) is 0 Å². The van der Waals surface area contributed by atoms with E-state index in [0.717, 1.165) is 13.0 Å². The van der Waals surface area contributed by atoms with Gasteiger partial charge in [-0.05, 0) is 31.7 Å². The second-order valence-electron chi connectivity index (χ2n) is 6.24. The number of carbonyl (C=O) groups is 1. The van der Waals surface area contributed by atoms with Crippen LogP contribution in [0, 0.1) is 0 Å². The van der Waals surface area contributed by atoms with Crippen molar-refractivity contribution in [2.75, 3.05) is 6.54 Å². The van der Waals surface area contributed by atoms with Gasteiger partial charge in [-0.1, -0.05) is 49.6 Å². The zero-order valence-corrected chi connectivity index (χ0v) is 11.8. The van der Waals surface area contributed by atoms with E-state index in [4.69, 9.17) is 0 Å². The second kappa shape index (κ2) is 4.99. The van der Waals surface area contributed by atoms with Crippen molar-refractivity contribution < 1.29 is 4.79 Å². The standard InChI is InChI=1S/C17H23NO/c1-17(14-8-4-2-5-9-14)12-13-18(16(17)19)15-10-6-3-7-11-15/h2,4-5,8-9,15H,3,6-7,10-13H2,1H3/t17-/m0/s1. The van der Waals surface area contributed by atoms with Crippen LogP contribution in [0.25, 0.3) is 0 Å². The van der Waals surface area contributed by atoms with Crippen LogP contribution in [0.15, 0.2) is 30.3 Å². The van der Waals surface area contributed by atoms with E-state index in [1.807, 2.05) is 18.2 Å². The van der Waals surface area contributed by atoms with E-state index in [-0.39, 0.29) is 5.41 Å². The Morgan fingerprint density at radius 1 is 1.11 bits per heavy atom. The van der Waals surface area contributed by atoms with Gasteiger partial charge in [-0.15, -0.1) is 0 Å². The van der Waals surface area contributed by atoms with E-state index < -0.39 is 0 Å². The van der Waals surface area contributed by atoms with Crippen molar-refractivity contribution in [2.45, 2.75) is 56.9 Å². The van der Waals surface area contributed by atoms with E-state index >= 15 is 0 Å². The first-order valence-electron chi connectivity index (χ1n) is 7.58. The van der Waals surface area contributed by atoms with E-state index in [2.05, 4.69) is 24.0 Å². The molecular formula is C17H23NO. The molecule has 1 atom stereocenters. The van der Waals surface area contributed by atoms with Gasteiger partial charge in [-0.2, -0.15) is 0 Å². The van der Waals surface area contributed by atoms with Gasteiger partial charge in [0.25, 0.3) is 0 Å². The highest BCUT2D eigenvalue weighted by molar-refractivity contribution is 5.90. The number of amides is 1. The van der Waals surface area contributed by atoms with Crippen LogP contribution in [0.5, 0.6) is 0 Å². The first-order valence-corrected chi connectivity index (χ1v) is 7.58. The largest absolute Gasteiger partial charge is 0.339 e. The smallest absolute Gasteiger partial charge is 0.233 e. The quantitative estimate of drug-likeness (QED) is 0.794. The van der Waals surface area contributed by atoms with Gasteiger partial charge in [0, 0.05) is 12.6 Å². The van der Waals surface area contributed by atoms with Crippen LogP contribution >= 0.6 is 0 Å². The predicted molar refractivity (Wildman–Crippen MR) is 77.0 cm³/mol. The van der Waals surface area contributed by atoms with E-state index in [1.54, 1.807) is 0 Å². The number of likely N-dealkylation sites (tertiary alicyclic amines) is 1. The number of hydrogen-bond donors (Lipinski definition) is 0. The highest BCUT2D eigenvalue weighted by Gasteiger charge is 2.45. The summed E-state index contributed by atoms with van der Waals surface area (Å²) in [5.74, 6) is 0.352. The molecule has 3 rings (SSSR count). The van der Waals surface area contributed by atoms with Crippen molar-refractivity contribution in [1.29, 1.82) is 0 Å². The molecule has 0 bridgehead atoms. The summed E-state index contributed by atoms with van der Waals surface area (Å²) in [7, 11) is 0. The molecule has 1 aromatic rings. The molecule has 0 aromatic heterocycles. The Kier molecular flexibility index (Phi) is 3.34. The fourth-order valence-corrected chi connectivity index (χ4v) is 3.68. The summed E-state index contributed by atoms with van der Waals surface area (Å²) in [5, 5.41) is 0. The number of carbonyl (C=O) groups excluding carboxylic acids is 1. The van der Waals surface area contributed by atoms with Crippen LogP contribution in [-0.4, -0.2) is 23.4 Å². The fourth-order valence-electron chi connectivity index (χ4n) is 3.68. The van der Waals surface area contributed by atoms with Crippen molar-refractivity contribution in [1.82, 2.24) is 4.90 Å². The summed E-state index contributed by atoms with van der Waals surface area (Å²) in [5.41, 5.74) is 0.886. The maximum atomic E-state index is 12.9. The van der Waals surface area contributed by atoms with Crippen molar-refractivity contribution in [2.24, 2.45) is 0 Å². The van der Waals surface area contributed by atoms with Gasteiger partial charge in [0.1, 0.15) is 0 Å². The van der Waals surface area contributed by atoms with E-state index in [1.165, 1.54) is 37.7 Å². The van der Waals surface area contributed by atoms with E-state index in [9.17, 15) is 4.79 Å². The molecule has 2 nitrogen and oxygen atoms in total. The van der Waals surface area contributed by atoms with Crippen LogP contribution < -0.4 is 0 Å². The maximum absolute atomic E-state index is 12.9. The topological polar surface area (TPSA) is 20.3 Å². The minimum absolute atomic E-state index is 0.293. The third kappa shape index (κ3) is 2.18. The van der Waals surface area contributed by atoms with Crippen LogP contribution in [0.2, 0.25) is 0 Å². The minimum Gasteiger partial charge on any atom is -0.339 e. The first-order chi connectivity index (χ1) is 9.22. The van der Waals surface area contributed by atoms with Gasteiger partial charge in [0.2, 0.25) is 5.91 Å². The SMILES string of the molecule is C[C@@]1(c2ccccc2)CCN(C2CCCCC2)C1=O. The lowest BCUT2D eigenvalue weighted by Crippen LogP contribution is -2.42. The van der Waals surface area contributed by atoms with Gasteiger partial charge in [0.15, 0.2) is 0 Å². The maximum Gasteiger partial charge on any atom is 0.233 e. The molecule has 1 aromatic carbocycles. The lowest BCUT2D eigenvalue weighted by atomic mass is 9.81. The molecule has 2 aliphatic rings. The molecule has 0 radical (unpaired) electrons. The minimum atomic E-state index is -0.293. The van der Waals surface area contributed by atoms with E-state index in [0.29, 0.717) is 11.9 Å². The third-order valence-electron chi connectivity index (χ3n) is 5.01. The fraction of sp³-hybridized carbons (Fsp3) is 0.588. The number of benzene rings is 1. The molecule has 0 unspecified atom stereocenters. The lowest BCUT2D eigenvalue weighted by molar-refractivity contribution is -0.134. The number of nitrogens with zero attached hydrogens (tertiary/aromatic N) is 1. The summed E-state index contributed by atoms with van der Waals surface area (Å²) in [6.45, 7) is 3.06. The van der Waals surface area contributed by atoms with Crippen molar-refractivity contribution >= 4 is 5.91 Å². The van der Waals surface area contributed by atoms with Crippen molar-refractivity contribution in [3.05, 3.63) is 35.9 Å². The molecule has 1 aliphatic carbocycles. The summed E-state index contributed by atoms with van der Waals surface area (Å²) >= 11 is 0. The van der Waals surface area contributed by atoms with Crippen LogP contribution in [-0.2, 0) is 10.2 Å². The Morgan fingerprint density at radius 2 is 1.79 bits per heavy atom. The lowest BCUT2D eigenvalue weighted by Gasteiger charge is -2.33. The van der Waals surface area contributed by atoms with Crippen molar-refractivity contribution in [3.8, 4) is 0 Å². The molecule has 1 aliphatic heterocycles. The highest BCUT2D eigenvalue weighted by Crippen LogP contribution is 2.38. The molecule has 2 fully saturated rings. The Bertz CT molecular complexity index is 450. The molecule has 1 amide bonds. The Balaban J connectivity index is 1.81. The zero-order valence-electron chi connectivity index (χ0n) is 11.8. The highest BCUT2D eigenvalue weighted by atomic mass is 16.2. The summed E-state index contributed by atoms with van der Waals surface area (Å²) < 4.78 is 0. The third-order valence-corrected chi connectivity index (χ3v) is 5.01. The Morgan fingerprint density at radius 3 is 2.47 bits per heavy atom. The number of rotatable bonds is 2. The molecule has 19 heavy (non-hydrogen) atoms. The van der Waals surface area contributed by atoms with Gasteiger partial charge < -0.3 is 4.90 Å². The first kappa shape index (κ1) is 12.7.